The number of nitrogens with one attached hydrogen (secondary N) is 1. The van der Waals surface area contributed by atoms with Gasteiger partial charge >= 0.3 is 0 Å². The summed E-state index contributed by atoms with van der Waals surface area (Å²) in [7, 11) is 0. The summed E-state index contributed by atoms with van der Waals surface area (Å²) in [6.45, 7) is 1.55. The Morgan fingerprint density at radius 1 is 1.38 bits per heavy atom. The predicted molar refractivity (Wildman–Crippen MR) is 52.4 cm³/mol. The number of primary amides is 1. The van der Waals surface area contributed by atoms with Crippen LogP contribution in [-0.2, 0) is 4.79 Å². The van der Waals surface area contributed by atoms with Crippen molar-refractivity contribution in [2.24, 2.45) is 10.8 Å². The van der Waals surface area contributed by atoms with E-state index < -0.39 is 5.91 Å². The van der Waals surface area contributed by atoms with Gasteiger partial charge in [-0.25, -0.2) is 0 Å². The summed E-state index contributed by atoms with van der Waals surface area (Å²) in [5.41, 5.74) is 8.78. The van der Waals surface area contributed by atoms with Crippen LogP contribution in [0.3, 0.4) is 0 Å². The summed E-state index contributed by atoms with van der Waals surface area (Å²) in [5, 5.41) is 3.79. The van der Waals surface area contributed by atoms with Crippen molar-refractivity contribution in [2.45, 2.75) is 6.92 Å². The summed E-state index contributed by atoms with van der Waals surface area (Å²) in [4.78, 5) is 10.6. The zero-order valence-electron chi connectivity index (χ0n) is 7.32. The highest BCUT2D eigenvalue weighted by molar-refractivity contribution is 6.37. The van der Waals surface area contributed by atoms with E-state index in [-0.39, 0.29) is 5.71 Å². The van der Waals surface area contributed by atoms with Gasteiger partial charge in [0.25, 0.3) is 5.91 Å². The van der Waals surface area contributed by atoms with E-state index >= 15 is 0 Å². The number of amides is 1. The normalized spacial score (nSPS) is 11.0. The van der Waals surface area contributed by atoms with Gasteiger partial charge in [0.1, 0.15) is 5.71 Å². The molecular weight excluding hydrogens is 166 g/mol. The lowest BCUT2D eigenvalue weighted by atomic mass is 10.3. The molecule has 0 heterocycles. The van der Waals surface area contributed by atoms with Crippen LogP contribution in [0.2, 0.25) is 0 Å². The van der Waals surface area contributed by atoms with Crippen LogP contribution in [0.4, 0.5) is 5.69 Å². The Morgan fingerprint density at radius 3 is 2.54 bits per heavy atom. The van der Waals surface area contributed by atoms with E-state index in [1.54, 1.807) is 6.92 Å². The number of rotatable bonds is 3. The van der Waals surface area contributed by atoms with Crippen molar-refractivity contribution in [3.8, 4) is 0 Å². The molecule has 0 saturated heterocycles. The number of carbonyl (C=O) groups is 1. The summed E-state index contributed by atoms with van der Waals surface area (Å²) >= 11 is 0. The summed E-state index contributed by atoms with van der Waals surface area (Å²) in [6.07, 6.45) is 0. The Bertz CT molecular complexity index is 319. The Hall–Kier alpha value is -1.84. The molecule has 1 aromatic rings. The predicted octanol–water partition coefficient (Wildman–Crippen LogP) is 0.960. The lowest BCUT2D eigenvalue weighted by Crippen LogP contribution is -2.21. The zero-order valence-corrected chi connectivity index (χ0v) is 7.32. The number of hydrogen-bond donors (Lipinski definition) is 2. The van der Waals surface area contributed by atoms with Crippen molar-refractivity contribution >= 4 is 17.3 Å². The van der Waals surface area contributed by atoms with Crippen molar-refractivity contribution in [3.05, 3.63) is 30.3 Å². The number of carbonyl (C=O) groups excluding carboxylic acids is 1. The number of nitrogens with zero attached hydrogens (tertiary/aromatic N) is 1. The van der Waals surface area contributed by atoms with Crippen molar-refractivity contribution in [3.63, 3.8) is 0 Å². The van der Waals surface area contributed by atoms with Crippen LogP contribution in [0, 0.1) is 0 Å². The smallest absolute Gasteiger partial charge is 0.264 e. The second kappa shape index (κ2) is 4.25. The van der Waals surface area contributed by atoms with Crippen LogP contribution < -0.4 is 11.2 Å². The van der Waals surface area contributed by atoms with E-state index in [9.17, 15) is 4.79 Å². The second-order valence-corrected chi connectivity index (χ2v) is 2.54. The number of nitrogens with two attached hydrogens (primary N) is 1. The molecule has 4 heteroatoms. The van der Waals surface area contributed by atoms with Gasteiger partial charge in [-0.15, -0.1) is 0 Å². The van der Waals surface area contributed by atoms with E-state index in [2.05, 4.69) is 10.5 Å². The van der Waals surface area contributed by atoms with Gasteiger partial charge in [-0.3, -0.25) is 10.2 Å². The molecule has 0 saturated carbocycles. The molecule has 0 bridgehead atoms. The molecule has 0 aliphatic carbocycles. The van der Waals surface area contributed by atoms with Crippen LogP contribution in [-0.4, -0.2) is 11.6 Å². The largest absolute Gasteiger partial charge is 0.365 e. The SMILES string of the molecule is C/C(=N/Nc1ccccc1)C(N)=O. The Kier molecular flexibility index (Phi) is 3.03. The van der Waals surface area contributed by atoms with Crippen molar-refractivity contribution in [2.75, 3.05) is 5.43 Å². The highest BCUT2D eigenvalue weighted by atomic mass is 16.1. The molecular formula is C9H11N3O. The molecule has 1 rings (SSSR count). The topological polar surface area (TPSA) is 67.5 Å². The molecule has 0 atom stereocenters. The molecule has 0 fully saturated rings. The summed E-state index contributed by atoms with van der Waals surface area (Å²) < 4.78 is 0. The maximum Gasteiger partial charge on any atom is 0.264 e. The Balaban J connectivity index is 2.62. The molecule has 13 heavy (non-hydrogen) atoms. The average Bonchev–Trinajstić information content (AvgIpc) is 2.15. The van der Waals surface area contributed by atoms with Crippen LogP contribution in [0.25, 0.3) is 0 Å². The van der Waals surface area contributed by atoms with E-state index in [1.807, 2.05) is 30.3 Å². The van der Waals surface area contributed by atoms with Crippen LogP contribution in [0.5, 0.6) is 0 Å². The van der Waals surface area contributed by atoms with E-state index in [0.717, 1.165) is 5.69 Å². The third-order valence-electron chi connectivity index (χ3n) is 1.48. The molecule has 68 valence electrons. The number of anilines is 1. The third-order valence-corrected chi connectivity index (χ3v) is 1.48. The maximum absolute atomic E-state index is 10.6. The highest BCUT2D eigenvalue weighted by Crippen LogP contribution is 2.04. The summed E-state index contributed by atoms with van der Waals surface area (Å²) in [5.74, 6) is -0.525. The zero-order chi connectivity index (χ0) is 9.68. The minimum atomic E-state index is -0.525. The van der Waals surface area contributed by atoms with Crippen molar-refractivity contribution < 1.29 is 4.79 Å². The lowest BCUT2D eigenvalue weighted by Gasteiger charge is -1.99. The maximum atomic E-state index is 10.6. The number of para-hydroxylation sites is 1. The Morgan fingerprint density at radius 2 is 2.00 bits per heavy atom. The standard InChI is InChI=1S/C9H11N3O/c1-7(9(10)13)11-12-8-5-3-2-4-6-8/h2-6,12H,1H3,(H2,10,13)/b11-7-. The third kappa shape index (κ3) is 2.94. The van der Waals surface area contributed by atoms with Crippen LogP contribution >= 0.6 is 0 Å². The summed E-state index contributed by atoms with van der Waals surface area (Å²) in [6, 6.07) is 9.33. The molecule has 0 aliphatic heterocycles. The number of hydrogen-bond acceptors (Lipinski definition) is 3. The molecule has 0 aliphatic rings. The first kappa shape index (κ1) is 9.25. The fourth-order valence-corrected chi connectivity index (χ4v) is 0.716. The first-order chi connectivity index (χ1) is 6.20. The highest BCUT2D eigenvalue weighted by Gasteiger charge is 1.97. The molecule has 0 unspecified atom stereocenters. The number of benzene rings is 1. The first-order valence-electron chi connectivity index (χ1n) is 3.85. The molecule has 3 N–H and O–H groups in total. The fourth-order valence-electron chi connectivity index (χ4n) is 0.716. The monoisotopic (exact) mass is 177 g/mol. The average molecular weight is 177 g/mol. The Labute approximate surface area is 76.4 Å². The number of hydrazone groups is 1. The molecule has 0 radical (unpaired) electrons. The molecule has 0 spiro atoms. The van der Waals surface area contributed by atoms with Gasteiger partial charge < -0.3 is 5.73 Å². The van der Waals surface area contributed by atoms with E-state index in [1.165, 1.54) is 0 Å². The van der Waals surface area contributed by atoms with Crippen molar-refractivity contribution in [1.82, 2.24) is 0 Å². The second-order valence-electron chi connectivity index (χ2n) is 2.54. The molecule has 0 aromatic heterocycles. The molecule has 4 nitrogen and oxygen atoms in total. The molecule has 1 amide bonds. The van der Waals surface area contributed by atoms with Gasteiger partial charge in [0.15, 0.2) is 0 Å². The van der Waals surface area contributed by atoms with Crippen LogP contribution in [0.1, 0.15) is 6.92 Å². The van der Waals surface area contributed by atoms with E-state index in [0.29, 0.717) is 0 Å². The van der Waals surface area contributed by atoms with Gasteiger partial charge in [0.05, 0.1) is 5.69 Å². The lowest BCUT2D eigenvalue weighted by molar-refractivity contribution is -0.112. The van der Waals surface area contributed by atoms with Gasteiger partial charge in [-0.05, 0) is 19.1 Å². The fraction of sp³-hybridized carbons (Fsp3) is 0.111. The minimum absolute atomic E-state index is 0.254. The van der Waals surface area contributed by atoms with Crippen molar-refractivity contribution in [1.29, 1.82) is 0 Å². The van der Waals surface area contributed by atoms with Crippen LogP contribution in [0.15, 0.2) is 35.4 Å². The minimum Gasteiger partial charge on any atom is -0.365 e. The van der Waals surface area contributed by atoms with E-state index in [4.69, 9.17) is 5.73 Å². The quantitative estimate of drug-likeness (QED) is 0.533. The van der Waals surface area contributed by atoms with Gasteiger partial charge in [-0.1, -0.05) is 18.2 Å². The molecule has 1 aromatic carbocycles. The van der Waals surface area contributed by atoms with Gasteiger partial charge in [0, 0.05) is 0 Å². The first-order valence-corrected chi connectivity index (χ1v) is 3.85. The van der Waals surface area contributed by atoms with Gasteiger partial charge in [-0.2, -0.15) is 5.10 Å². The van der Waals surface area contributed by atoms with Gasteiger partial charge in [0.2, 0.25) is 0 Å².